The van der Waals surface area contributed by atoms with E-state index in [1.807, 2.05) is 0 Å². The van der Waals surface area contributed by atoms with Crippen LogP contribution in [0.25, 0.3) is 0 Å². The molecule has 2 rings (SSSR count). The summed E-state index contributed by atoms with van der Waals surface area (Å²) in [6, 6.07) is 0. The third kappa shape index (κ3) is 2.61. The van der Waals surface area contributed by atoms with Crippen molar-refractivity contribution in [2.75, 3.05) is 37.6 Å². The SMILES string of the molecule is COC1CN(c2nc(NN)ncc2[N+](=O)[O-])CC1OC. The lowest BCUT2D eigenvalue weighted by atomic mass is 10.3. The fourth-order valence-electron chi connectivity index (χ4n) is 2.17. The molecule has 10 nitrogen and oxygen atoms in total. The Morgan fingerprint density at radius 1 is 1.45 bits per heavy atom. The van der Waals surface area contributed by atoms with Crippen molar-refractivity contribution in [3.8, 4) is 0 Å². The average molecular weight is 284 g/mol. The van der Waals surface area contributed by atoms with Gasteiger partial charge >= 0.3 is 5.69 Å². The molecule has 1 saturated heterocycles. The summed E-state index contributed by atoms with van der Waals surface area (Å²) in [6.45, 7) is 0.883. The van der Waals surface area contributed by atoms with Gasteiger partial charge in [0.1, 0.15) is 18.4 Å². The Hall–Kier alpha value is -2.04. The smallest absolute Gasteiger partial charge is 0.329 e. The Morgan fingerprint density at radius 3 is 2.50 bits per heavy atom. The van der Waals surface area contributed by atoms with Crippen LogP contribution in [-0.4, -0.2) is 54.4 Å². The first-order valence-electron chi connectivity index (χ1n) is 5.89. The van der Waals surface area contributed by atoms with Gasteiger partial charge in [0.2, 0.25) is 11.8 Å². The predicted molar refractivity (Wildman–Crippen MR) is 70.3 cm³/mol. The normalized spacial score (nSPS) is 22.1. The van der Waals surface area contributed by atoms with Gasteiger partial charge in [-0.3, -0.25) is 15.5 Å². The molecule has 1 aromatic rings. The molecule has 2 unspecified atom stereocenters. The Bertz CT molecular complexity index is 487. The van der Waals surface area contributed by atoms with Crippen molar-refractivity contribution in [2.45, 2.75) is 12.2 Å². The number of anilines is 2. The number of nitrogens with one attached hydrogen (secondary N) is 1. The second-order valence-corrected chi connectivity index (χ2v) is 4.26. The highest BCUT2D eigenvalue weighted by Crippen LogP contribution is 2.30. The number of nitro groups is 1. The zero-order chi connectivity index (χ0) is 14.7. The molecule has 2 atom stereocenters. The van der Waals surface area contributed by atoms with Crippen molar-refractivity contribution in [3.05, 3.63) is 16.3 Å². The van der Waals surface area contributed by atoms with Crippen molar-refractivity contribution in [1.29, 1.82) is 0 Å². The summed E-state index contributed by atoms with van der Waals surface area (Å²) in [5.74, 6) is 5.54. The van der Waals surface area contributed by atoms with E-state index in [9.17, 15) is 10.1 Å². The van der Waals surface area contributed by atoms with E-state index in [1.165, 1.54) is 0 Å². The molecule has 0 amide bonds. The zero-order valence-electron chi connectivity index (χ0n) is 11.1. The Labute approximate surface area is 115 Å². The van der Waals surface area contributed by atoms with Crippen LogP contribution in [0.5, 0.6) is 0 Å². The number of nitrogen functional groups attached to an aromatic ring is 1. The second kappa shape index (κ2) is 5.94. The lowest BCUT2D eigenvalue weighted by Gasteiger charge is -2.16. The Morgan fingerprint density at radius 2 is 2.05 bits per heavy atom. The molecule has 0 aliphatic carbocycles. The van der Waals surface area contributed by atoms with Gasteiger partial charge in [-0.15, -0.1) is 0 Å². The van der Waals surface area contributed by atoms with Crippen LogP contribution in [0.2, 0.25) is 0 Å². The average Bonchev–Trinajstić information content (AvgIpc) is 2.89. The van der Waals surface area contributed by atoms with E-state index in [1.54, 1.807) is 19.1 Å². The minimum Gasteiger partial charge on any atom is -0.377 e. The van der Waals surface area contributed by atoms with Crippen molar-refractivity contribution >= 4 is 17.5 Å². The van der Waals surface area contributed by atoms with Crippen molar-refractivity contribution < 1.29 is 14.4 Å². The van der Waals surface area contributed by atoms with Crippen LogP contribution in [0.15, 0.2) is 6.20 Å². The van der Waals surface area contributed by atoms with Gasteiger partial charge in [0.25, 0.3) is 0 Å². The standard InChI is InChI=1S/C10H16N6O4/c1-19-7-4-15(5-8(7)20-2)9-6(16(17)18)3-12-10(13-9)14-11/h3,7-8H,4-5,11H2,1-2H3,(H,12,13,14). The van der Waals surface area contributed by atoms with E-state index in [4.69, 9.17) is 15.3 Å². The van der Waals surface area contributed by atoms with Gasteiger partial charge in [-0.1, -0.05) is 0 Å². The number of hydrogen-bond donors (Lipinski definition) is 2. The molecule has 0 saturated carbocycles. The number of rotatable bonds is 5. The molecule has 2 heterocycles. The van der Waals surface area contributed by atoms with Gasteiger partial charge in [-0.05, 0) is 0 Å². The minimum absolute atomic E-state index is 0.112. The fourth-order valence-corrected chi connectivity index (χ4v) is 2.17. The molecule has 0 radical (unpaired) electrons. The number of hydrogen-bond acceptors (Lipinski definition) is 9. The molecule has 0 aromatic carbocycles. The van der Waals surface area contributed by atoms with Gasteiger partial charge in [0.05, 0.1) is 4.92 Å². The van der Waals surface area contributed by atoms with Crippen LogP contribution in [0.4, 0.5) is 17.5 Å². The summed E-state index contributed by atoms with van der Waals surface area (Å²) in [5.41, 5.74) is 2.09. The van der Waals surface area contributed by atoms with Gasteiger partial charge in [-0.25, -0.2) is 10.8 Å². The molecule has 1 aliphatic heterocycles. The molecule has 0 bridgehead atoms. The topological polar surface area (TPSA) is 129 Å². The number of hydrazine groups is 1. The summed E-state index contributed by atoms with van der Waals surface area (Å²) < 4.78 is 10.6. The lowest BCUT2D eigenvalue weighted by Crippen LogP contribution is -2.27. The van der Waals surface area contributed by atoms with Gasteiger partial charge in [-0.2, -0.15) is 4.98 Å². The number of aromatic nitrogens is 2. The third-order valence-corrected chi connectivity index (χ3v) is 3.20. The molecule has 3 N–H and O–H groups in total. The van der Waals surface area contributed by atoms with Crippen molar-refractivity contribution in [2.24, 2.45) is 5.84 Å². The Kier molecular flexibility index (Phi) is 4.27. The number of nitrogens with two attached hydrogens (primary N) is 1. The second-order valence-electron chi connectivity index (χ2n) is 4.26. The highest BCUT2D eigenvalue weighted by molar-refractivity contribution is 5.59. The molecule has 1 aliphatic rings. The van der Waals surface area contributed by atoms with Gasteiger partial charge < -0.3 is 14.4 Å². The van der Waals surface area contributed by atoms with E-state index >= 15 is 0 Å². The van der Waals surface area contributed by atoms with E-state index in [-0.39, 0.29) is 29.7 Å². The maximum absolute atomic E-state index is 11.1. The fraction of sp³-hybridized carbons (Fsp3) is 0.600. The number of nitrogens with zero attached hydrogens (tertiary/aromatic N) is 4. The highest BCUT2D eigenvalue weighted by Gasteiger charge is 2.36. The summed E-state index contributed by atoms with van der Waals surface area (Å²) in [7, 11) is 3.14. The van der Waals surface area contributed by atoms with E-state index in [0.717, 1.165) is 6.20 Å². The summed E-state index contributed by atoms with van der Waals surface area (Å²) >= 11 is 0. The summed E-state index contributed by atoms with van der Waals surface area (Å²) in [5, 5.41) is 11.1. The first kappa shape index (κ1) is 14.4. The van der Waals surface area contributed by atoms with Crippen molar-refractivity contribution in [1.82, 2.24) is 9.97 Å². The number of methoxy groups -OCH3 is 2. The van der Waals surface area contributed by atoms with Crippen molar-refractivity contribution in [3.63, 3.8) is 0 Å². The van der Waals surface area contributed by atoms with Crippen LogP contribution in [0, 0.1) is 10.1 Å². The molecule has 1 aromatic heterocycles. The van der Waals surface area contributed by atoms with Crippen LogP contribution in [0.1, 0.15) is 0 Å². The molecule has 10 heteroatoms. The quantitative estimate of drug-likeness (QED) is 0.418. The maximum Gasteiger partial charge on any atom is 0.329 e. The zero-order valence-corrected chi connectivity index (χ0v) is 11.1. The van der Waals surface area contributed by atoms with Gasteiger partial charge in [0.15, 0.2) is 0 Å². The third-order valence-electron chi connectivity index (χ3n) is 3.20. The van der Waals surface area contributed by atoms with E-state index in [0.29, 0.717) is 13.1 Å². The van der Waals surface area contributed by atoms with Crippen LogP contribution in [0.3, 0.4) is 0 Å². The van der Waals surface area contributed by atoms with Gasteiger partial charge in [0, 0.05) is 27.3 Å². The van der Waals surface area contributed by atoms with E-state index in [2.05, 4.69) is 15.4 Å². The Balaban J connectivity index is 2.34. The minimum atomic E-state index is -0.530. The maximum atomic E-state index is 11.1. The van der Waals surface area contributed by atoms with E-state index < -0.39 is 4.92 Å². The monoisotopic (exact) mass is 284 g/mol. The molecular formula is C10H16N6O4. The molecule has 110 valence electrons. The number of ether oxygens (including phenoxy) is 2. The molecule has 1 fully saturated rings. The van der Waals surface area contributed by atoms with Crippen LogP contribution in [-0.2, 0) is 9.47 Å². The highest BCUT2D eigenvalue weighted by atomic mass is 16.6. The van der Waals surface area contributed by atoms with Crippen LogP contribution >= 0.6 is 0 Å². The van der Waals surface area contributed by atoms with Crippen LogP contribution < -0.4 is 16.2 Å². The lowest BCUT2D eigenvalue weighted by molar-refractivity contribution is -0.384. The first-order chi connectivity index (χ1) is 9.60. The summed E-state index contributed by atoms with van der Waals surface area (Å²) in [4.78, 5) is 20.1. The molecule has 20 heavy (non-hydrogen) atoms. The first-order valence-corrected chi connectivity index (χ1v) is 5.89. The largest absolute Gasteiger partial charge is 0.377 e. The molecule has 0 spiro atoms. The predicted octanol–water partition coefficient (Wildman–Crippen LogP) is -0.480. The molecular weight excluding hydrogens is 268 g/mol. The summed E-state index contributed by atoms with van der Waals surface area (Å²) in [6.07, 6.45) is 0.770.